The SMILES string of the molecule is CC(=O)N(C)c1cnn(-c2cnc(C(F)(F)F)nc2)c1. The number of alkyl halides is 3. The number of hydrogen-bond acceptors (Lipinski definition) is 4. The van der Waals surface area contributed by atoms with Gasteiger partial charge in [-0.25, -0.2) is 14.6 Å². The van der Waals surface area contributed by atoms with E-state index >= 15 is 0 Å². The maximum Gasteiger partial charge on any atom is 0.451 e. The lowest BCUT2D eigenvalue weighted by Gasteiger charge is -2.10. The van der Waals surface area contributed by atoms with Crippen molar-refractivity contribution in [1.29, 1.82) is 0 Å². The van der Waals surface area contributed by atoms with E-state index in [-0.39, 0.29) is 11.6 Å². The number of amides is 1. The van der Waals surface area contributed by atoms with Crippen LogP contribution in [0, 0.1) is 0 Å². The molecule has 0 bridgehead atoms. The van der Waals surface area contributed by atoms with Gasteiger partial charge in [0.2, 0.25) is 11.7 Å². The third-order valence-electron chi connectivity index (χ3n) is 2.58. The fourth-order valence-electron chi connectivity index (χ4n) is 1.40. The summed E-state index contributed by atoms with van der Waals surface area (Å²) >= 11 is 0. The molecular weight excluding hydrogens is 275 g/mol. The summed E-state index contributed by atoms with van der Waals surface area (Å²) in [5.41, 5.74) is 0.776. The molecule has 2 rings (SSSR count). The standard InChI is InChI=1S/C11H10F3N5O/c1-7(20)18(2)9-5-17-19(6-9)8-3-15-10(16-4-8)11(12,13)14/h3-6H,1-2H3. The van der Waals surface area contributed by atoms with E-state index in [1.54, 1.807) is 7.05 Å². The molecule has 0 aliphatic carbocycles. The molecule has 2 aromatic rings. The Kier molecular flexibility index (Phi) is 3.43. The van der Waals surface area contributed by atoms with Crippen molar-refractivity contribution in [1.82, 2.24) is 19.7 Å². The van der Waals surface area contributed by atoms with Crippen molar-refractivity contribution >= 4 is 11.6 Å². The normalized spacial score (nSPS) is 11.4. The Morgan fingerprint density at radius 2 is 1.85 bits per heavy atom. The highest BCUT2D eigenvalue weighted by Crippen LogP contribution is 2.25. The van der Waals surface area contributed by atoms with E-state index < -0.39 is 12.0 Å². The van der Waals surface area contributed by atoms with E-state index in [1.165, 1.54) is 28.9 Å². The number of nitrogens with zero attached hydrogens (tertiary/aromatic N) is 5. The molecule has 0 aromatic carbocycles. The minimum atomic E-state index is -4.58. The Labute approximate surface area is 111 Å². The van der Waals surface area contributed by atoms with E-state index in [9.17, 15) is 18.0 Å². The molecule has 2 heterocycles. The van der Waals surface area contributed by atoms with Crippen LogP contribution < -0.4 is 4.90 Å². The van der Waals surface area contributed by atoms with Gasteiger partial charge < -0.3 is 4.90 Å². The summed E-state index contributed by atoms with van der Waals surface area (Å²) in [6.07, 6.45) is 0.357. The van der Waals surface area contributed by atoms with Crippen molar-refractivity contribution in [3.05, 3.63) is 30.6 Å². The summed E-state index contributed by atoms with van der Waals surface area (Å²) in [6, 6.07) is 0. The predicted molar refractivity (Wildman–Crippen MR) is 63.2 cm³/mol. The second-order valence-corrected chi connectivity index (χ2v) is 3.98. The molecule has 6 nitrogen and oxygen atoms in total. The van der Waals surface area contributed by atoms with Gasteiger partial charge in [0.25, 0.3) is 0 Å². The summed E-state index contributed by atoms with van der Waals surface area (Å²) < 4.78 is 38.3. The van der Waals surface area contributed by atoms with Crippen LogP contribution in [0.2, 0.25) is 0 Å². The molecule has 0 spiro atoms. The Hall–Kier alpha value is -2.45. The lowest BCUT2D eigenvalue weighted by atomic mass is 10.4. The van der Waals surface area contributed by atoms with Crippen LogP contribution in [0.4, 0.5) is 18.9 Å². The monoisotopic (exact) mass is 285 g/mol. The fourth-order valence-corrected chi connectivity index (χ4v) is 1.40. The third-order valence-corrected chi connectivity index (χ3v) is 2.58. The number of hydrogen-bond donors (Lipinski definition) is 0. The molecule has 0 radical (unpaired) electrons. The van der Waals surface area contributed by atoms with E-state index in [0.717, 1.165) is 12.4 Å². The molecule has 106 valence electrons. The van der Waals surface area contributed by atoms with Crippen LogP contribution >= 0.6 is 0 Å². The van der Waals surface area contributed by atoms with Gasteiger partial charge >= 0.3 is 6.18 Å². The van der Waals surface area contributed by atoms with Crippen molar-refractivity contribution in [3.63, 3.8) is 0 Å². The average molecular weight is 285 g/mol. The van der Waals surface area contributed by atoms with Crippen LogP contribution in [0.5, 0.6) is 0 Å². The van der Waals surface area contributed by atoms with E-state index in [4.69, 9.17) is 0 Å². The van der Waals surface area contributed by atoms with E-state index in [0.29, 0.717) is 5.69 Å². The summed E-state index contributed by atoms with van der Waals surface area (Å²) in [6.45, 7) is 1.39. The van der Waals surface area contributed by atoms with Gasteiger partial charge in [0.05, 0.1) is 30.5 Å². The van der Waals surface area contributed by atoms with Crippen molar-refractivity contribution in [2.75, 3.05) is 11.9 Å². The summed E-state index contributed by atoms with van der Waals surface area (Å²) in [4.78, 5) is 19.0. The Morgan fingerprint density at radius 3 is 2.35 bits per heavy atom. The Morgan fingerprint density at radius 1 is 1.25 bits per heavy atom. The van der Waals surface area contributed by atoms with Gasteiger partial charge in [-0.1, -0.05) is 0 Å². The zero-order valence-corrected chi connectivity index (χ0v) is 10.6. The predicted octanol–water partition coefficient (Wildman–Crippen LogP) is 1.66. The maximum atomic E-state index is 12.3. The molecule has 1 amide bonds. The van der Waals surface area contributed by atoms with Gasteiger partial charge in [-0.3, -0.25) is 4.79 Å². The smallest absolute Gasteiger partial charge is 0.313 e. The molecule has 2 aromatic heterocycles. The third kappa shape index (κ3) is 2.76. The van der Waals surface area contributed by atoms with Crippen LogP contribution in [0.15, 0.2) is 24.8 Å². The molecule has 9 heteroatoms. The zero-order valence-electron chi connectivity index (χ0n) is 10.6. The number of halogens is 3. The summed E-state index contributed by atoms with van der Waals surface area (Å²) in [5.74, 6) is -1.40. The highest BCUT2D eigenvalue weighted by molar-refractivity contribution is 5.90. The molecule has 0 atom stereocenters. The lowest BCUT2D eigenvalue weighted by molar-refractivity contribution is -0.145. The first-order chi connectivity index (χ1) is 9.29. The minimum Gasteiger partial charge on any atom is -0.313 e. The number of aromatic nitrogens is 4. The molecule has 0 N–H and O–H groups in total. The van der Waals surface area contributed by atoms with Crippen molar-refractivity contribution < 1.29 is 18.0 Å². The molecule has 0 unspecified atom stereocenters. The number of anilines is 1. The fraction of sp³-hybridized carbons (Fsp3) is 0.273. The molecule has 0 fully saturated rings. The lowest BCUT2D eigenvalue weighted by Crippen LogP contribution is -2.22. The number of carbonyl (C=O) groups excluding carboxylic acids is 1. The largest absolute Gasteiger partial charge is 0.451 e. The first-order valence-corrected chi connectivity index (χ1v) is 5.47. The number of carbonyl (C=O) groups is 1. The second-order valence-electron chi connectivity index (χ2n) is 3.98. The van der Waals surface area contributed by atoms with Crippen LogP contribution in [0.3, 0.4) is 0 Å². The number of rotatable bonds is 2. The van der Waals surface area contributed by atoms with E-state index in [1.807, 2.05) is 0 Å². The topological polar surface area (TPSA) is 63.9 Å². The summed E-state index contributed by atoms with van der Waals surface area (Å²) in [7, 11) is 1.56. The van der Waals surface area contributed by atoms with Gasteiger partial charge in [0, 0.05) is 14.0 Å². The highest BCUT2D eigenvalue weighted by atomic mass is 19.4. The molecular formula is C11H10F3N5O. The Bertz CT molecular complexity index is 620. The zero-order chi connectivity index (χ0) is 14.9. The maximum absolute atomic E-state index is 12.3. The summed E-state index contributed by atoms with van der Waals surface area (Å²) in [5, 5.41) is 3.94. The first-order valence-electron chi connectivity index (χ1n) is 5.47. The van der Waals surface area contributed by atoms with Crippen LogP contribution in [0.1, 0.15) is 12.7 Å². The van der Waals surface area contributed by atoms with Crippen molar-refractivity contribution in [2.24, 2.45) is 0 Å². The van der Waals surface area contributed by atoms with Crippen LogP contribution in [-0.2, 0) is 11.0 Å². The second kappa shape index (κ2) is 4.91. The molecule has 0 aliphatic heterocycles. The Balaban J connectivity index is 2.27. The first kappa shape index (κ1) is 14.0. The van der Waals surface area contributed by atoms with Gasteiger partial charge in [-0.05, 0) is 0 Å². The molecule has 0 aliphatic rings. The van der Waals surface area contributed by atoms with E-state index in [2.05, 4.69) is 15.1 Å². The average Bonchev–Trinajstić information content (AvgIpc) is 2.86. The van der Waals surface area contributed by atoms with Crippen LogP contribution in [-0.4, -0.2) is 32.7 Å². The molecule has 0 saturated carbocycles. The van der Waals surface area contributed by atoms with Gasteiger partial charge in [-0.2, -0.15) is 18.3 Å². The van der Waals surface area contributed by atoms with Crippen LogP contribution in [0.25, 0.3) is 5.69 Å². The molecule has 0 saturated heterocycles. The molecule has 20 heavy (non-hydrogen) atoms. The van der Waals surface area contributed by atoms with Gasteiger partial charge in [0.1, 0.15) is 5.69 Å². The minimum absolute atomic E-state index is 0.187. The van der Waals surface area contributed by atoms with Crippen molar-refractivity contribution in [2.45, 2.75) is 13.1 Å². The quantitative estimate of drug-likeness (QED) is 0.842. The highest BCUT2D eigenvalue weighted by Gasteiger charge is 2.34. The van der Waals surface area contributed by atoms with Gasteiger partial charge in [-0.15, -0.1) is 0 Å². The van der Waals surface area contributed by atoms with Crippen molar-refractivity contribution in [3.8, 4) is 5.69 Å². The van der Waals surface area contributed by atoms with Gasteiger partial charge in [0.15, 0.2) is 0 Å².